The van der Waals surface area contributed by atoms with Crippen molar-refractivity contribution in [2.75, 3.05) is 38.2 Å². The van der Waals surface area contributed by atoms with Crippen LogP contribution in [-0.4, -0.2) is 61.8 Å². The average Bonchev–Trinajstić information content (AvgIpc) is 3.10. The van der Waals surface area contributed by atoms with Crippen LogP contribution in [0.15, 0.2) is 24.3 Å². The summed E-state index contributed by atoms with van der Waals surface area (Å²) in [7, 11) is 0. The summed E-state index contributed by atoms with van der Waals surface area (Å²) in [4.78, 5) is 26.8. The van der Waals surface area contributed by atoms with Crippen LogP contribution in [0.25, 0.3) is 0 Å². The lowest BCUT2D eigenvalue weighted by Crippen LogP contribution is -2.40. The van der Waals surface area contributed by atoms with Crippen LogP contribution in [0, 0.1) is 0 Å². The molecule has 0 bridgehead atoms. The molecule has 1 aromatic rings. The molecule has 3 N–H and O–H groups in total. The number of anilines is 1. The first-order valence-corrected chi connectivity index (χ1v) is 9.77. The van der Waals surface area contributed by atoms with Gasteiger partial charge in [-0.15, -0.1) is 0 Å². The molecule has 1 heterocycles. The van der Waals surface area contributed by atoms with Crippen LogP contribution in [0.1, 0.15) is 44.0 Å². The van der Waals surface area contributed by atoms with Gasteiger partial charge in [-0.1, -0.05) is 6.07 Å². The SMILES string of the molecule is CCOCCCNC(=O)c1cccc(NC(=O)NC2CCN(C(C)C)C2)c1. The highest BCUT2D eigenvalue weighted by Gasteiger charge is 2.25. The maximum absolute atomic E-state index is 12.2. The zero-order valence-corrected chi connectivity index (χ0v) is 16.6. The first-order valence-electron chi connectivity index (χ1n) is 9.77. The highest BCUT2D eigenvalue weighted by molar-refractivity contribution is 5.96. The Hall–Kier alpha value is -2.12. The number of likely N-dealkylation sites (tertiary alicyclic amines) is 1. The monoisotopic (exact) mass is 376 g/mol. The Balaban J connectivity index is 1.79. The van der Waals surface area contributed by atoms with Gasteiger partial charge in [-0.25, -0.2) is 4.79 Å². The second-order valence-corrected chi connectivity index (χ2v) is 7.06. The number of hydrogen-bond donors (Lipinski definition) is 3. The van der Waals surface area contributed by atoms with Crippen LogP contribution in [0.3, 0.4) is 0 Å². The van der Waals surface area contributed by atoms with Gasteiger partial charge in [-0.3, -0.25) is 9.69 Å². The molecule has 1 aliphatic rings. The summed E-state index contributed by atoms with van der Waals surface area (Å²) in [5, 5.41) is 8.69. The zero-order valence-electron chi connectivity index (χ0n) is 16.6. The van der Waals surface area contributed by atoms with E-state index in [1.54, 1.807) is 24.3 Å². The largest absolute Gasteiger partial charge is 0.382 e. The third-order valence-electron chi connectivity index (χ3n) is 4.62. The van der Waals surface area contributed by atoms with Gasteiger partial charge in [-0.05, 0) is 51.8 Å². The number of carbonyl (C=O) groups excluding carboxylic acids is 2. The number of urea groups is 1. The second-order valence-electron chi connectivity index (χ2n) is 7.06. The smallest absolute Gasteiger partial charge is 0.319 e. The number of hydrogen-bond acceptors (Lipinski definition) is 4. The molecule has 0 radical (unpaired) electrons. The van der Waals surface area contributed by atoms with E-state index >= 15 is 0 Å². The molecule has 0 spiro atoms. The minimum Gasteiger partial charge on any atom is -0.382 e. The van der Waals surface area contributed by atoms with Crippen LogP contribution >= 0.6 is 0 Å². The van der Waals surface area contributed by atoms with Gasteiger partial charge in [0.15, 0.2) is 0 Å². The molecule has 0 saturated carbocycles. The first kappa shape index (κ1) is 21.2. The van der Waals surface area contributed by atoms with Gasteiger partial charge in [0.05, 0.1) is 0 Å². The summed E-state index contributed by atoms with van der Waals surface area (Å²) < 4.78 is 5.25. The van der Waals surface area contributed by atoms with E-state index in [0.717, 1.165) is 25.9 Å². The molecule has 1 aliphatic heterocycles. The average molecular weight is 377 g/mol. The van der Waals surface area contributed by atoms with Gasteiger partial charge >= 0.3 is 6.03 Å². The van der Waals surface area contributed by atoms with Gasteiger partial charge in [-0.2, -0.15) is 0 Å². The van der Waals surface area contributed by atoms with E-state index in [-0.39, 0.29) is 18.0 Å². The molecular weight excluding hydrogens is 344 g/mol. The second kappa shape index (κ2) is 10.9. The lowest BCUT2D eigenvalue weighted by molar-refractivity contribution is 0.0944. The standard InChI is InChI=1S/C20H32N4O3/c1-4-27-12-6-10-21-19(25)16-7-5-8-17(13-16)22-20(26)23-18-9-11-24(14-18)15(2)3/h5,7-8,13,15,18H,4,6,9-12,14H2,1-3H3,(H,21,25)(H2,22,23,26). The van der Waals surface area contributed by atoms with E-state index in [9.17, 15) is 9.59 Å². The van der Waals surface area contributed by atoms with Crippen LogP contribution in [0.2, 0.25) is 0 Å². The number of benzene rings is 1. The minimum atomic E-state index is -0.236. The fourth-order valence-corrected chi connectivity index (χ4v) is 3.09. The molecule has 7 heteroatoms. The maximum Gasteiger partial charge on any atom is 0.319 e. The summed E-state index contributed by atoms with van der Waals surface area (Å²) in [5.74, 6) is -0.154. The van der Waals surface area contributed by atoms with Crippen LogP contribution < -0.4 is 16.0 Å². The first-order chi connectivity index (χ1) is 13.0. The van der Waals surface area contributed by atoms with Crippen molar-refractivity contribution in [2.45, 2.75) is 45.7 Å². The predicted octanol–water partition coefficient (Wildman–Crippen LogP) is 2.45. The molecule has 150 valence electrons. The van der Waals surface area contributed by atoms with E-state index in [4.69, 9.17) is 4.74 Å². The quantitative estimate of drug-likeness (QED) is 0.578. The predicted molar refractivity (Wildman–Crippen MR) is 107 cm³/mol. The fraction of sp³-hybridized carbons (Fsp3) is 0.600. The number of carbonyl (C=O) groups is 2. The molecule has 1 fully saturated rings. The Labute approximate surface area is 161 Å². The van der Waals surface area contributed by atoms with Gasteiger partial charge < -0.3 is 20.7 Å². The molecule has 1 aromatic carbocycles. The van der Waals surface area contributed by atoms with E-state index < -0.39 is 0 Å². The molecule has 1 saturated heterocycles. The number of nitrogens with zero attached hydrogens (tertiary/aromatic N) is 1. The van der Waals surface area contributed by atoms with Gasteiger partial charge in [0.25, 0.3) is 5.91 Å². The minimum absolute atomic E-state index is 0.154. The third kappa shape index (κ3) is 7.19. The topological polar surface area (TPSA) is 82.7 Å². The van der Waals surface area contributed by atoms with Crippen molar-refractivity contribution in [3.05, 3.63) is 29.8 Å². The molecule has 27 heavy (non-hydrogen) atoms. The molecule has 7 nitrogen and oxygen atoms in total. The van der Waals surface area contributed by atoms with Crippen molar-refractivity contribution in [1.29, 1.82) is 0 Å². The van der Waals surface area contributed by atoms with Crippen molar-refractivity contribution in [3.8, 4) is 0 Å². The Morgan fingerprint density at radius 2 is 2.15 bits per heavy atom. The molecule has 0 aromatic heterocycles. The molecular formula is C20H32N4O3. The van der Waals surface area contributed by atoms with Crippen LogP contribution in [0.5, 0.6) is 0 Å². The van der Waals surface area contributed by atoms with E-state index in [0.29, 0.717) is 37.1 Å². The normalized spacial score (nSPS) is 17.1. The van der Waals surface area contributed by atoms with Crippen molar-refractivity contribution < 1.29 is 14.3 Å². The number of amides is 3. The van der Waals surface area contributed by atoms with Gasteiger partial charge in [0.2, 0.25) is 0 Å². The fourth-order valence-electron chi connectivity index (χ4n) is 3.09. The number of ether oxygens (including phenoxy) is 1. The summed E-state index contributed by atoms with van der Waals surface area (Å²) in [6.07, 6.45) is 1.73. The van der Waals surface area contributed by atoms with E-state index in [1.165, 1.54) is 0 Å². The zero-order chi connectivity index (χ0) is 19.6. The van der Waals surface area contributed by atoms with Gasteiger partial charge in [0, 0.05) is 56.2 Å². The van der Waals surface area contributed by atoms with Crippen molar-refractivity contribution in [3.63, 3.8) is 0 Å². The number of nitrogens with one attached hydrogen (secondary N) is 3. The summed E-state index contributed by atoms with van der Waals surface area (Å²) in [6, 6.07) is 7.37. The van der Waals surface area contributed by atoms with Crippen molar-refractivity contribution in [2.24, 2.45) is 0 Å². The molecule has 3 amide bonds. The molecule has 2 rings (SSSR count). The molecule has 0 aliphatic carbocycles. The summed E-state index contributed by atoms with van der Waals surface area (Å²) in [5.41, 5.74) is 1.13. The Kier molecular flexibility index (Phi) is 8.54. The maximum atomic E-state index is 12.2. The Bertz CT molecular complexity index is 621. The summed E-state index contributed by atoms with van der Waals surface area (Å²) >= 11 is 0. The van der Waals surface area contributed by atoms with Crippen LogP contribution in [-0.2, 0) is 4.74 Å². The lowest BCUT2D eigenvalue weighted by atomic mass is 10.2. The highest BCUT2D eigenvalue weighted by Crippen LogP contribution is 2.14. The van der Waals surface area contributed by atoms with Crippen molar-refractivity contribution in [1.82, 2.24) is 15.5 Å². The Morgan fingerprint density at radius 3 is 2.85 bits per heavy atom. The van der Waals surface area contributed by atoms with Crippen LogP contribution in [0.4, 0.5) is 10.5 Å². The summed E-state index contributed by atoms with van der Waals surface area (Å²) in [6.45, 7) is 10.0. The van der Waals surface area contributed by atoms with E-state index in [1.807, 2.05) is 6.92 Å². The van der Waals surface area contributed by atoms with Crippen molar-refractivity contribution >= 4 is 17.6 Å². The Morgan fingerprint density at radius 1 is 1.33 bits per heavy atom. The third-order valence-corrected chi connectivity index (χ3v) is 4.62. The highest BCUT2D eigenvalue weighted by atomic mass is 16.5. The number of rotatable bonds is 9. The lowest BCUT2D eigenvalue weighted by Gasteiger charge is -2.20. The molecule has 1 unspecified atom stereocenters. The van der Waals surface area contributed by atoms with Gasteiger partial charge in [0.1, 0.15) is 0 Å². The van der Waals surface area contributed by atoms with E-state index in [2.05, 4.69) is 34.7 Å². The molecule has 1 atom stereocenters.